The lowest BCUT2D eigenvalue weighted by molar-refractivity contribution is -0.123. The van der Waals surface area contributed by atoms with Gasteiger partial charge in [-0.2, -0.15) is 0 Å². The first-order chi connectivity index (χ1) is 12.2. The van der Waals surface area contributed by atoms with Crippen molar-refractivity contribution in [3.63, 3.8) is 0 Å². The van der Waals surface area contributed by atoms with Gasteiger partial charge in [0, 0.05) is 29.7 Å². The van der Waals surface area contributed by atoms with E-state index in [2.05, 4.69) is 35.2 Å². The molecule has 0 saturated carbocycles. The fourth-order valence-electron chi connectivity index (χ4n) is 3.97. The highest BCUT2D eigenvalue weighted by atomic mass is 35.5. The Hall–Kier alpha value is -1.84. The summed E-state index contributed by atoms with van der Waals surface area (Å²) >= 11 is 5.95. The molecule has 1 saturated heterocycles. The summed E-state index contributed by atoms with van der Waals surface area (Å²) in [7, 11) is 0. The van der Waals surface area contributed by atoms with Crippen molar-refractivity contribution in [3.05, 3.63) is 64.7 Å². The van der Waals surface area contributed by atoms with Crippen LogP contribution in [0.15, 0.2) is 48.5 Å². The Morgan fingerprint density at radius 2 is 1.72 bits per heavy atom. The number of carbonyl (C=O) groups is 1. The number of benzene rings is 2. The molecule has 1 amide bonds. The normalized spacial score (nSPS) is 18.4. The molecule has 0 N–H and O–H groups in total. The SMILES string of the molecule is O=C(C1CCN(Cc2ccc(Cl)cc2)CC1)N1CCc2ccccc21. The number of amides is 1. The molecule has 2 aliphatic rings. The van der Waals surface area contributed by atoms with Crippen molar-refractivity contribution in [3.8, 4) is 0 Å². The Morgan fingerprint density at radius 1 is 1.00 bits per heavy atom. The molecular formula is C21H23ClN2O. The summed E-state index contributed by atoms with van der Waals surface area (Å²) in [4.78, 5) is 17.4. The number of carbonyl (C=O) groups excluding carboxylic acids is 1. The van der Waals surface area contributed by atoms with Crippen molar-refractivity contribution >= 4 is 23.2 Å². The van der Waals surface area contributed by atoms with Crippen LogP contribution in [0.3, 0.4) is 0 Å². The third-order valence-corrected chi connectivity index (χ3v) is 5.66. The average Bonchev–Trinajstić information content (AvgIpc) is 3.08. The molecule has 2 heterocycles. The van der Waals surface area contributed by atoms with E-state index in [4.69, 9.17) is 11.6 Å². The van der Waals surface area contributed by atoms with E-state index in [0.29, 0.717) is 5.91 Å². The maximum absolute atomic E-state index is 13.0. The van der Waals surface area contributed by atoms with Gasteiger partial charge in [-0.3, -0.25) is 9.69 Å². The predicted molar refractivity (Wildman–Crippen MR) is 102 cm³/mol. The van der Waals surface area contributed by atoms with Gasteiger partial charge in [0.2, 0.25) is 5.91 Å². The van der Waals surface area contributed by atoms with Crippen LogP contribution < -0.4 is 4.90 Å². The van der Waals surface area contributed by atoms with E-state index in [1.54, 1.807) is 0 Å². The van der Waals surface area contributed by atoms with Crippen LogP contribution in [0.2, 0.25) is 5.02 Å². The first-order valence-corrected chi connectivity index (χ1v) is 9.44. The number of rotatable bonds is 3. The van der Waals surface area contributed by atoms with Gasteiger partial charge in [0.25, 0.3) is 0 Å². The molecule has 1 fully saturated rings. The molecule has 3 nitrogen and oxygen atoms in total. The van der Waals surface area contributed by atoms with E-state index >= 15 is 0 Å². The Balaban J connectivity index is 1.34. The van der Waals surface area contributed by atoms with Crippen LogP contribution in [-0.2, 0) is 17.8 Å². The number of anilines is 1. The quantitative estimate of drug-likeness (QED) is 0.827. The van der Waals surface area contributed by atoms with Crippen LogP contribution in [0.25, 0.3) is 0 Å². The van der Waals surface area contributed by atoms with Crippen molar-refractivity contribution in [2.75, 3.05) is 24.5 Å². The van der Waals surface area contributed by atoms with Crippen LogP contribution in [-0.4, -0.2) is 30.4 Å². The standard InChI is InChI=1S/C21H23ClN2O/c22-19-7-5-16(6-8-19)15-23-12-9-18(10-13-23)21(25)24-14-11-17-3-1-2-4-20(17)24/h1-8,18H,9-15H2. The van der Waals surface area contributed by atoms with Gasteiger partial charge in [0.05, 0.1) is 0 Å². The number of hydrogen-bond acceptors (Lipinski definition) is 2. The molecule has 0 spiro atoms. The van der Waals surface area contributed by atoms with E-state index in [1.807, 2.05) is 23.1 Å². The second-order valence-electron chi connectivity index (χ2n) is 7.05. The summed E-state index contributed by atoms with van der Waals surface area (Å²) in [5.74, 6) is 0.476. The van der Waals surface area contributed by atoms with Crippen molar-refractivity contribution in [2.45, 2.75) is 25.8 Å². The minimum atomic E-state index is 0.160. The highest BCUT2D eigenvalue weighted by Gasteiger charge is 2.32. The molecule has 0 aliphatic carbocycles. The summed E-state index contributed by atoms with van der Waals surface area (Å²) in [5.41, 5.74) is 3.70. The van der Waals surface area contributed by atoms with Crippen LogP contribution in [0.5, 0.6) is 0 Å². The number of halogens is 1. The zero-order valence-corrected chi connectivity index (χ0v) is 15.1. The summed E-state index contributed by atoms with van der Waals surface area (Å²) in [6.45, 7) is 3.73. The van der Waals surface area contributed by atoms with Gasteiger partial charge < -0.3 is 4.90 Å². The van der Waals surface area contributed by atoms with Crippen molar-refractivity contribution in [1.29, 1.82) is 0 Å². The molecule has 2 aliphatic heterocycles. The molecule has 4 heteroatoms. The van der Waals surface area contributed by atoms with Crippen LogP contribution >= 0.6 is 11.6 Å². The summed E-state index contributed by atoms with van der Waals surface area (Å²) in [6, 6.07) is 16.4. The monoisotopic (exact) mass is 354 g/mol. The van der Waals surface area contributed by atoms with Gasteiger partial charge >= 0.3 is 0 Å². The Bertz CT molecular complexity index is 751. The lowest BCUT2D eigenvalue weighted by atomic mass is 9.95. The van der Waals surface area contributed by atoms with Crippen LogP contribution in [0, 0.1) is 5.92 Å². The average molecular weight is 355 g/mol. The molecule has 2 aromatic carbocycles. The maximum Gasteiger partial charge on any atom is 0.230 e. The van der Waals surface area contributed by atoms with E-state index in [0.717, 1.165) is 56.2 Å². The summed E-state index contributed by atoms with van der Waals surface area (Å²) in [6.07, 6.45) is 2.88. The molecule has 0 bridgehead atoms. The zero-order valence-electron chi connectivity index (χ0n) is 14.3. The van der Waals surface area contributed by atoms with Crippen LogP contribution in [0.1, 0.15) is 24.0 Å². The fraction of sp³-hybridized carbons (Fsp3) is 0.381. The number of para-hydroxylation sites is 1. The van der Waals surface area contributed by atoms with Gasteiger partial charge in [-0.05, 0) is 61.7 Å². The lowest BCUT2D eigenvalue weighted by Crippen LogP contribution is -2.41. The summed E-state index contributed by atoms with van der Waals surface area (Å²) < 4.78 is 0. The second kappa shape index (κ2) is 7.19. The van der Waals surface area contributed by atoms with Crippen molar-refractivity contribution < 1.29 is 4.79 Å². The maximum atomic E-state index is 13.0. The first-order valence-electron chi connectivity index (χ1n) is 9.07. The summed E-state index contributed by atoms with van der Waals surface area (Å²) in [5, 5.41) is 0.777. The third-order valence-electron chi connectivity index (χ3n) is 5.41. The van der Waals surface area contributed by atoms with E-state index in [1.165, 1.54) is 11.1 Å². The number of piperidine rings is 1. The minimum Gasteiger partial charge on any atom is -0.312 e. The number of likely N-dealkylation sites (tertiary alicyclic amines) is 1. The van der Waals surface area contributed by atoms with Gasteiger partial charge in [-0.1, -0.05) is 41.9 Å². The van der Waals surface area contributed by atoms with Gasteiger partial charge in [-0.25, -0.2) is 0 Å². The highest BCUT2D eigenvalue weighted by Crippen LogP contribution is 2.31. The van der Waals surface area contributed by atoms with Gasteiger partial charge in [0.1, 0.15) is 0 Å². The second-order valence-corrected chi connectivity index (χ2v) is 7.48. The van der Waals surface area contributed by atoms with Gasteiger partial charge in [-0.15, -0.1) is 0 Å². The number of hydrogen-bond donors (Lipinski definition) is 0. The smallest absolute Gasteiger partial charge is 0.230 e. The third kappa shape index (κ3) is 3.58. The molecule has 25 heavy (non-hydrogen) atoms. The largest absolute Gasteiger partial charge is 0.312 e. The molecule has 0 atom stereocenters. The zero-order chi connectivity index (χ0) is 17.2. The van der Waals surface area contributed by atoms with Crippen molar-refractivity contribution in [2.24, 2.45) is 5.92 Å². The van der Waals surface area contributed by atoms with E-state index < -0.39 is 0 Å². The Kier molecular flexibility index (Phi) is 4.78. The molecule has 0 aromatic heterocycles. The van der Waals surface area contributed by atoms with Gasteiger partial charge in [0.15, 0.2) is 0 Å². The highest BCUT2D eigenvalue weighted by molar-refractivity contribution is 6.30. The molecule has 4 rings (SSSR count). The molecular weight excluding hydrogens is 332 g/mol. The fourth-order valence-corrected chi connectivity index (χ4v) is 4.10. The lowest BCUT2D eigenvalue weighted by Gasteiger charge is -2.33. The number of nitrogens with zero attached hydrogens (tertiary/aromatic N) is 2. The Labute approximate surface area is 154 Å². The van der Waals surface area contributed by atoms with Crippen LogP contribution in [0.4, 0.5) is 5.69 Å². The molecule has 0 unspecified atom stereocenters. The van der Waals surface area contributed by atoms with E-state index in [9.17, 15) is 4.79 Å². The topological polar surface area (TPSA) is 23.6 Å². The minimum absolute atomic E-state index is 0.160. The molecule has 2 aromatic rings. The first kappa shape index (κ1) is 16.6. The predicted octanol–water partition coefficient (Wildman–Crippen LogP) is 4.14. The number of fused-ring (bicyclic) bond motifs is 1. The molecule has 130 valence electrons. The molecule has 0 radical (unpaired) electrons. The Morgan fingerprint density at radius 3 is 2.48 bits per heavy atom. The van der Waals surface area contributed by atoms with E-state index in [-0.39, 0.29) is 5.92 Å². The van der Waals surface area contributed by atoms with Crippen molar-refractivity contribution in [1.82, 2.24) is 4.90 Å².